The largest absolute Gasteiger partial charge is 0.457 e. The SMILES string of the molecule is CC1C(=O)NC(CO)C(=O)N(C)C2(Cc3ccc(Cl)cc3)CCCN(C2)C(=O)C(CC(F)(F)F)CC(=O)N1Cc1c(F)cc(Cl)cc1Oc1ccc(-c2cnc(CN(C)C)n2C)cc1. The lowest BCUT2D eigenvalue weighted by molar-refractivity contribution is -0.166. The smallest absolute Gasteiger partial charge is 0.389 e. The second-order valence-electron chi connectivity index (χ2n) is 16.8. The molecule has 3 heterocycles. The van der Waals surface area contributed by atoms with Crippen molar-refractivity contribution >= 4 is 46.8 Å². The minimum Gasteiger partial charge on any atom is -0.457 e. The third-order valence-electron chi connectivity index (χ3n) is 11.9. The minimum atomic E-state index is -4.89. The number of carbonyl (C=O) groups excluding carboxylic acids is 4. The van der Waals surface area contributed by atoms with Crippen LogP contribution >= 0.6 is 23.2 Å². The lowest BCUT2D eigenvalue weighted by atomic mass is 9.80. The monoisotopic (exact) mass is 931 g/mol. The zero-order valence-electron chi connectivity index (χ0n) is 36.1. The fourth-order valence-corrected chi connectivity index (χ4v) is 8.74. The van der Waals surface area contributed by atoms with Crippen LogP contribution in [0.25, 0.3) is 11.3 Å². The molecule has 2 aliphatic rings. The van der Waals surface area contributed by atoms with Crippen molar-refractivity contribution in [3.63, 3.8) is 0 Å². The number of hydrogen-bond donors (Lipinski definition) is 2. The van der Waals surface area contributed by atoms with E-state index in [1.807, 2.05) is 30.6 Å². The van der Waals surface area contributed by atoms with Gasteiger partial charge in [0.2, 0.25) is 23.6 Å². The number of ether oxygens (including phenoxy) is 1. The topological polar surface area (TPSA) is 141 Å². The van der Waals surface area contributed by atoms with E-state index in [-0.39, 0.29) is 48.0 Å². The van der Waals surface area contributed by atoms with Gasteiger partial charge in [-0.3, -0.25) is 19.2 Å². The summed E-state index contributed by atoms with van der Waals surface area (Å²) in [6.07, 6.45) is -5.05. The summed E-state index contributed by atoms with van der Waals surface area (Å²) in [4.78, 5) is 67.0. The van der Waals surface area contributed by atoms with E-state index in [9.17, 15) is 37.5 Å². The Balaban J connectivity index is 1.35. The fraction of sp³-hybridized carbons (Fsp3) is 0.444. The number of benzene rings is 3. The molecule has 0 radical (unpaired) electrons. The van der Waals surface area contributed by atoms with E-state index in [2.05, 4.69) is 10.3 Å². The van der Waals surface area contributed by atoms with Gasteiger partial charge < -0.3 is 39.3 Å². The number of likely N-dealkylation sites (N-methyl/N-ethyl adjacent to an activating group) is 1. The van der Waals surface area contributed by atoms with Crippen LogP contribution in [0.2, 0.25) is 10.0 Å². The van der Waals surface area contributed by atoms with E-state index >= 15 is 4.39 Å². The number of rotatable bonds is 11. The summed E-state index contributed by atoms with van der Waals surface area (Å²) in [5.74, 6) is -5.75. The molecular weight excluding hydrogens is 881 g/mol. The van der Waals surface area contributed by atoms with E-state index in [4.69, 9.17) is 27.9 Å². The molecule has 1 aromatic heterocycles. The van der Waals surface area contributed by atoms with E-state index in [1.54, 1.807) is 54.7 Å². The van der Waals surface area contributed by atoms with Crippen molar-refractivity contribution in [2.45, 2.75) is 75.9 Å². The first-order chi connectivity index (χ1) is 30.2. The first kappa shape index (κ1) is 48.2. The Morgan fingerprint density at radius 2 is 1.67 bits per heavy atom. The summed E-state index contributed by atoms with van der Waals surface area (Å²) in [5, 5.41) is 13.4. The predicted octanol–water partition coefficient (Wildman–Crippen LogP) is 6.62. The van der Waals surface area contributed by atoms with Crippen LogP contribution in [0.1, 0.15) is 49.6 Å². The zero-order valence-corrected chi connectivity index (χ0v) is 37.6. The molecule has 344 valence electrons. The maximum absolute atomic E-state index is 16.1. The molecule has 19 heteroatoms. The summed E-state index contributed by atoms with van der Waals surface area (Å²) in [6, 6.07) is 12.7. The number of imidazole rings is 1. The molecule has 2 fully saturated rings. The molecular formula is C45H51Cl2F4N7O6. The second-order valence-corrected chi connectivity index (χ2v) is 17.7. The van der Waals surface area contributed by atoms with Crippen LogP contribution in [0.15, 0.2) is 66.9 Å². The Bertz CT molecular complexity index is 2350. The standard InChI is InChI=1S/C45H51Cl2F4N7O6/c1-27-41(61)53-36(25-59)43(63)56(5)44(20-28-7-11-31(46)12-8-28)15-6-16-57(26-44)42(62)30(21-45(49,50)51)17-40(60)58(27)23-34-35(48)18-32(47)19-38(34)64-33-13-9-29(10-14-33)37-22-52-39(55(37)4)24-54(2)3/h7-14,18-19,22,27,30,36,59H,6,15-17,20-21,23-26H2,1-5H3,(H,53,61). The van der Waals surface area contributed by atoms with E-state index < -0.39 is 85.2 Å². The fourth-order valence-electron chi connectivity index (χ4n) is 8.42. The maximum atomic E-state index is 16.1. The van der Waals surface area contributed by atoms with Crippen LogP contribution in [-0.2, 0) is 45.7 Å². The predicted molar refractivity (Wildman–Crippen MR) is 232 cm³/mol. The summed E-state index contributed by atoms with van der Waals surface area (Å²) in [6.45, 7) is 0.113. The first-order valence-electron chi connectivity index (χ1n) is 20.7. The van der Waals surface area contributed by atoms with Crippen LogP contribution < -0.4 is 10.1 Å². The molecule has 4 aromatic rings. The number of piperidine rings is 1. The van der Waals surface area contributed by atoms with Crippen molar-refractivity contribution in [3.05, 3.63) is 99.7 Å². The number of halogens is 6. The number of aliphatic hydroxyl groups excluding tert-OH is 1. The minimum absolute atomic E-state index is 0.0449. The number of aromatic nitrogens is 2. The van der Waals surface area contributed by atoms with Gasteiger partial charge in [-0.25, -0.2) is 9.37 Å². The van der Waals surface area contributed by atoms with Gasteiger partial charge in [0.1, 0.15) is 35.2 Å². The number of nitrogens with zero attached hydrogens (tertiary/aromatic N) is 6. The Morgan fingerprint density at radius 3 is 2.31 bits per heavy atom. The maximum Gasteiger partial charge on any atom is 0.389 e. The van der Waals surface area contributed by atoms with Crippen molar-refractivity contribution in [1.82, 2.24) is 34.5 Å². The zero-order chi connectivity index (χ0) is 46.7. The van der Waals surface area contributed by atoms with Crippen LogP contribution in [-0.4, -0.2) is 123 Å². The third-order valence-corrected chi connectivity index (χ3v) is 12.4. The number of alkyl halides is 3. The van der Waals surface area contributed by atoms with Gasteiger partial charge in [0.15, 0.2) is 0 Å². The number of aliphatic hydroxyl groups is 1. The van der Waals surface area contributed by atoms with Gasteiger partial charge >= 0.3 is 6.18 Å². The molecule has 0 aliphatic carbocycles. The molecule has 4 amide bonds. The summed E-state index contributed by atoms with van der Waals surface area (Å²) in [5.41, 5.74) is 0.860. The highest BCUT2D eigenvalue weighted by molar-refractivity contribution is 6.31. The van der Waals surface area contributed by atoms with Gasteiger partial charge in [-0.1, -0.05) is 35.3 Å². The molecule has 64 heavy (non-hydrogen) atoms. The lowest BCUT2D eigenvalue weighted by Crippen LogP contribution is -2.65. The molecule has 2 saturated heterocycles. The van der Waals surface area contributed by atoms with E-state index in [0.29, 0.717) is 23.6 Å². The highest BCUT2D eigenvalue weighted by Crippen LogP contribution is 2.37. The Hall–Kier alpha value is -5.23. The molecule has 13 nitrogen and oxygen atoms in total. The number of nitrogens with one attached hydrogen (secondary N) is 1. The summed E-state index contributed by atoms with van der Waals surface area (Å²) >= 11 is 12.4. The Labute approximate surface area is 378 Å². The Morgan fingerprint density at radius 1 is 0.984 bits per heavy atom. The molecule has 6 rings (SSSR count). The van der Waals surface area contributed by atoms with Crippen molar-refractivity contribution in [2.75, 3.05) is 40.8 Å². The number of hydrogen-bond acceptors (Lipinski definition) is 8. The highest BCUT2D eigenvalue weighted by Gasteiger charge is 2.47. The third kappa shape index (κ3) is 11.2. The van der Waals surface area contributed by atoms with E-state index in [0.717, 1.165) is 28.0 Å². The first-order valence-corrected chi connectivity index (χ1v) is 21.4. The highest BCUT2D eigenvalue weighted by atomic mass is 35.5. The van der Waals surface area contributed by atoms with Gasteiger partial charge in [-0.05, 0) is 94.4 Å². The average Bonchev–Trinajstić information content (AvgIpc) is 3.59. The quantitative estimate of drug-likeness (QED) is 0.160. The molecule has 4 atom stereocenters. The molecule has 0 saturated carbocycles. The van der Waals surface area contributed by atoms with Gasteiger partial charge in [-0.15, -0.1) is 0 Å². The lowest BCUT2D eigenvalue weighted by Gasteiger charge is -2.50. The normalized spacial score (nSPS) is 21.6. The molecule has 3 aromatic carbocycles. The number of fused-ring (bicyclic) bond motifs is 2. The van der Waals surface area contributed by atoms with Gasteiger partial charge in [-0.2, -0.15) is 13.2 Å². The molecule has 4 unspecified atom stereocenters. The molecule has 2 bridgehead atoms. The van der Waals surface area contributed by atoms with Crippen LogP contribution in [0.4, 0.5) is 17.6 Å². The van der Waals surface area contributed by atoms with Gasteiger partial charge in [0, 0.05) is 54.8 Å². The molecule has 0 spiro atoms. The second kappa shape index (κ2) is 19.9. The number of amides is 4. The van der Waals surface area contributed by atoms with Crippen molar-refractivity contribution in [3.8, 4) is 22.8 Å². The van der Waals surface area contributed by atoms with Crippen LogP contribution in [0.3, 0.4) is 0 Å². The van der Waals surface area contributed by atoms with Crippen molar-refractivity contribution < 1.29 is 46.6 Å². The van der Waals surface area contributed by atoms with Crippen molar-refractivity contribution in [2.24, 2.45) is 13.0 Å². The van der Waals surface area contributed by atoms with E-state index in [1.165, 1.54) is 29.8 Å². The summed E-state index contributed by atoms with van der Waals surface area (Å²) in [7, 11) is 7.21. The van der Waals surface area contributed by atoms with Crippen LogP contribution in [0.5, 0.6) is 11.5 Å². The van der Waals surface area contributed by atoms with Crippen LogP contribution in [0, 0.1) is 11.7 Å². The number of carbonyl (C=O) groups is 4. The average molecular weight is 933 g/mol. The molecule has 2 aliphatic heterocycles. The van der Waals surface area contributed by atoms with Crippen molar-refractivity contribution in [1.29, 1.82) is 0 Å². The van der Waals surface area contributed by atoms with Gasteiger partial charge in [0.05, 0.1) is 49.5 Å². The summed E-state index contributed by atoms with van der Waals surface area (Å²) < 4.78 is 67.1. The molecule has 2 N–H and O–H groups in total. The van der Waals surface area contributed by atoms with Gasteiger partial charge in [0.25, 0.3) is 0 Å². The Kier molecular flexibility index (Phi) is 15.0.